The number of nitrogens with two attached hydrogens (primary N) is 1. The summed E-state index contributed by atoms with van der Waals surface area (Å²) in [6.45, 7) is 9.23. The lowest BCUT2D eigenvalue weighted by molar-refractivity contribution is -0.132. The fourth-order valence-corrected chi connectivity index (χ4v) is 2.81. The van der Waals surface area contributed by atoms with Crippen LogP contribution in [0.3, 0.4) is 0 Å². The van der Waals surface area contributed by atoms with Crippen molar-refractivity contribution in [2.75, 3.05) is 19.6 Å². The Kier molecular flexibility index (Phi) is 6.69. The molecular formula is C15H30N2O. The predicted molar refractivity (Wildman–Crippen MR) is 76.2 cm³/mol. The van der Waals surface area contributed by atoms with Crippen molar-refractivity contribution < 1.29 is 4.79 Å². The maximum atomic E-state index is 12.2. The Labute approximate surface area is 112 Å². The number of carbonyl (C=O) groups is 1. The fraction of sp³-hybridized carbons (Fsp3) is 0.933. The molecule has 0 aromatic rings. The highest BCUT2D eigenvalue weighted by molar-refractivity contribution is 5.76. The molecule has 0 aromatic carbocycles. The second kappa shape index (κ2) is 7.78. The van der Waals surface area contributed by atoms with Gasteiger partial charge in [-0.15, -0.1) is 0 Å². The molecule has 2 atom stereocenters. The molecule has 18 heavy (non-hydrogen) atoms. The minimum absolute atomic E-state index is 0.316. The lowest BCUT2D eigenvalue weighted by Gasteiger charge is -2.23. The van der Waals surface area contributed by atoms with Crippen LogP contribution in [0.4, 0.5) is 0 Å². The summed E-state index contributed by atoms with van der Waals surface area (Å²) < 4.78 is 0. The molecule has 1 heterocycles. The average molecular weight is 254 g/mol. The molecule has 1 saturated heterocycles. The van der Waals surface area contributed by atoms with Crippen molar-refractivity contribution in [3.05, 3.63) is 0 Å². The van der Waals surface area contributed by atoms with Crippen LogP contribution >= 0.6 is 0 Å². The highest BCUT2D eigenvalue weighted by Gasteiger charge is 2.23. The van der Waals surface area contributed by atoms with Gasteiger partial charge in [0.1, 0.15) is 0 Å². The Balaban J connectivity index is 2.44. The molecule has 0 bridgehead atoms. The van der Waals surface area contributed by atoms with E-state index in [2.05, 4.69) is 25.7 Å². The maximum absolute atomic E-state index is 12.2. The van der Waals surface area contributed by atoms with E-state index in [-0.39, 0.29) is 0 Å². The molecule has 3 nitrogen and oxygen atoms in total. The molecule has 0 spiro atoms. The first-order valence-corrected chi connectivity index (χ1v) is 7.56. The van der Waals surface area contributed by atoms with E-state index in [4.69, 9.17) is 5.73 Å². The third-order valence-corrected chi connectivity index (χ3v) is 4.44. The summed E-state index contributed by atoms with van der Waals surface area (Å²) in [5.74, 6) is 2.21. The highest BCUT2D eigenvalue weighted by atomic mass is 16.2. The number of amides is 1. The predicted octanol–water partition coefficient (Wildman–Crippen LogP) is 2.65. The molecule has 1 fully saturated rings. The van der Waals surface area contributed by atoms with Gasteiger partial charge in [-0.25, -0.2) is 0 Å². The van der Waals surface area contributed by atoms with Crippen LogP contribution in [0.15, 0.2) is 0 Å². The van der Waals surface area contributed by atoms with Crippen LogP contribution < -0.4 is 5.73 Å². The van der Waals surface area contributed by atoms with E-state index < -0.39 is 0 Å². The lowest BCUT2D eigenvalue weighted by atomic mass is 9.89. The Hall–Kier alpha value is -0.570. The third-order valence-electron chi connectivity index (χ3n) is 4.44. The molecule has 3 heteroatoms. The minimum Gasteiger partial charge on any atom is -0.343 e. The van der Waals surface area contributed by atoms with Gasteiger partial charge in [0.05, 0.1) is 0 Å². The monoisotopic (exact) mass is 254 g/mol. The van der Waals surface area contributed by atoms with E-state index >= 15 is 0 Å². The smallest absolute Gasteiger partial charge is 0.222 e. The van der Waals surface area contributed by atoms with E-state index in [0.29, 0.717) is 24.8 Å². The largest absolute Gasteiger partial charge is 0.343 e. The Bertz CT molecular complexity index is 249. The standard InChI is InChI=1S/C15H30N2O/c1-4-13(11-16)10-15(18)17-8-5-6-14(7-9-17)12(2)3/h12-14H,4-11,16H2,1-3H3. The summed E-state index contributed by atoms with van der Waals surface area (Å²) >= 11 is 0. The molecule has 1 aliphatic heterocycles. The van der Waals surface area contributed by atoms with E-state index in [0.717, 1.165) is 37.8 Å². The van der Waals surface area contributed by atoms with E-state index in [1.165, 1.54) is 12.8 Å². The second-order valence-corrected chi connectivity index (χ2v) is 6.03. The van der Waals surface area contributed by atoms with Crippen LogP contribution in [0.25, 0.3) is 0 Å². The van der Waals surface area contributed by atoms with Gasteiger partial charge in [-0.2, -0.15) is 0 Å². The van der Waals surface area contributed by atoms with Crippen molar-refractivity contribution in [2.24, 2.45) is 23.5 Å². The van der Waals surface area contributed by atoms with Gasteiger partial charge in [0, 0.05) is 19.5 Å². The van der Waals surface area contributed by atoms with Gasteiger partial charge in [0.2, 0.25) is 5.91 Å². The summed E-state index contributed by atoms with van der Waals surface area (Å²) in [5.41, 5.74) is 5.68. The SMILES string of the molecule is CCC(CN)CC(=O)N1CCCC(C(C)C)CC1. The zero-order valence-corrected chi connectivity index (χ0v) is 12.3. The zero-order valence-electron chi connectivity index (χ0n) is 12.3. The van der Waals surface area contributed by atoms with Crippen LogP contribution in [0, 0.1) is 17.8 Å². The Morgan fingerprint density at radius 3 is 2.61 bits per heavy atom. The quantitative estimate of drug-likeness (QED) is 0.820. The first kappa shape index (κ1) is 15.5. The molecule has 1 aliphatic rings. The molecule has 0 radical (unpaired) electrons. The maximum Gasteiger partial charge on any atom is 0.222 e. The van der Waals surface area contributed by atoms with Crippen LogP contribution in [0.5, 0.6) is 0 Å². The first-order valence-electron chi connectivity index (χ1n) is 7.56. The summed E-state index contributed by atoms with van der Waals surface area (Å²) in [7, 11) is 0. The van der Waals surface area contributed by atoms with Gasteiger partial charge in [-0.1, -0.05) is 27.2 Å². The average Bonchev–Trinajstić information content (AvgIpc) is 2.61. The van der Waals surface area contributed by atoms with Crippen molar-refractivity contribution in [3.63, 3.8) is 0 Å². The van der Waals surface area contributed by atoms with Crippen LogP contribution in [-0.2, 0) is 4.79 Å². The number of carbonyl (C=O) groups excluding carboxylic acids is 1. The van der Waals surface area contributed by atoms with Crippen molar-refractivity contribution in [1.29, 1.82) is 0 Å². The van der Waals surface area contributed by atoms with Gasteiger partial charge in [-0.05, 0) is 43.6 Å². The first-order chi connectivity index (χ1) is 8.58. The van der Waals surface area contributed by atoms with Crippen LogP contribution in [0.2, 0.25) is 0 Å². The van der Waals surface area contributed by atoms with Gasteiger partial charge >= 0.3 is 0 Å². The molecule has 1 amide bonds. The highest BCUT2D eigenvalue weighted by Crippen LogP contribution is 2.25. The fourth-order valence-electron chi connectivity index (χ4n) is 2.81. The lowest BCUT2D eigenvalue weighted by Crippen LogP contribution is -2.34. The Morgan fingerprint density at radius 2 is 2.06 bits per heavy atom. The van der Waals surface area contributed by atoms with Crippen molar-refractivity contribution in [2.45, 2.75) is 52.9 Å². The minimum atomic E-state index is 0.316. The summed E-state index contributed by atoms with van der Waals surface area (Å²) in [6.07, 6.45) is 5.25. The molecule has 2 N–H and O–H groups in total. The van der Waals surface area contributed by atoms with Gasteiger partial charge < -0.3 is 10.6 Å². The van der Waals surface area contributed by atoms with Gasteiger partial charge in [0.15, 0.2) is 0 Å². The molecule has 2 unspecified atom stereocenters. The summed E-state index contributed by atoms with van der Waals surface area (Å²) in [4.78, 5) is 14.3. The van der Waals surface area contributed by atoms with Crippen molar-refractivity contribution in [1.82, 2.24) is 4.90 Å². The normalized spacial score (nSPS) is 22.9. The number of nitrogens with zero attached hydrogens (tertiary/aromatic N) is 1. The molecule has 0 saturated carbocycles. The molecule has 1 rings (SSSR count). The molecular weight excluding hydrogens is 224 g/mol. The molecule has 106 valence electrons. The molecule has 0 aromatic heterocycles. The van der Waals surface area contributed by atoms with Gasteiger partial charge in [0.25, 0.3) is 0 Å². The zero-order chi connectivity index (χ0) is 13.5. The molecule has 0 aliphatic carbocycles. The van der Waals surface area contributed by atoms with Crippen LogP contribution in [0.1, 0.15) is 52.9 Å². The number of rotatable bonds is 5. The van der Waals surface area contributed by atoms with Crippen molar-refractivity contribution in [3.8, 4) is 0 Å². The van der Waals surface area contributed by atoms with Crippen molar-refractivity contribution >= 4 is 5.91 Å². The topological polar surface area (TPSA) is 46.3 Å². The Morgan fingerprint density at radius 1 is 1.33 bits per heavy atom. The number of likely N-dealkylation sites (tertiary alicyclic amines) is 1. The number of hydrogen-bond acceptors (Lipinski definition) is 2. The third kappa shape index (κ3) is 4.60. The summed E-state index contributed by atoms with van der Waals surface area (Å²) in [5, 5.41) is 0. The van der Waals surface area contributed by atoms with Gasteiger partial charge in [-0.3, -0.25) is 4.79 Å². The second-order valence-electron chi connectivity index (χ2n) is 6.03. The van der Waals surface area contributed by atoms with Crippen LogP contribution in [-0.4, -0.2) is 30.4 Å². The summed E-state index contributed by atoms with van der Waals surface area (Å²) in [6, 6.07) is 0. The van der Waals surface area contributed by atoms with E-state index in [1.807, 2.05) is 0 Å². The van der Waals surface area contributed by atoms with E-state index in [1.54, 1.807) is 0 Å². The van der Waals surface area contributed by atoms with E-state index in [9.17, 15) is 4.79 Å². The number of hydrogen-bond donors (Lipinski definition) is 1.